The van der Waals surface area contributed by atoms with Gasteiger partial charge in [0.25, 0.3) is 5.91 Å². The van der Waals surface area contributed by atoms with Gasteiger partial charge in [-0.1, -0.05) is 19.9 Å². The topological polar surface area (TPSA) is 77.5 Å². The van der Waals surface area contributed by atoms with Gasteiger partial charge in [0.1, 0.15) is 5.75 Å². The molecule has 0 aliphatic carbocycles. The molecule has 3 N–H and O–H groups in total. The normalized spacial score (nSPS) is 11.0. The van der Waals surface area contributed by atoms with Gasteiger partial charge in [-0.15, -0.1) is 0 Å². The summed E-state index contributed by atoms with van der Waals surface area (Å²) in [5.74, 6) is 0.172. The quantitative estimate of drug-likeness (QED) is 0.342. The summed E-state index contributed by atoms with van der Waals surface area (Å²) in [6.07, 6.45) is 2.15. The molecule has 0 fully saturated rings. The second-order valence-corrected chi connectivity index (χ2v) is 8.76. The predicted octanol–water partition coefficient (Wildman–Crippen LogP) is 5.70. The van der Waals surface area contributed by atoms with Crippen LogP contribution in [0.15, 0.2) is 54.6 Å². The second-order valence-electron chi connectivity index (χ2n) is 8.76. The summed E-state index contributed by atoms with van der Waals surface area (Å²) in [5.41, 5.74) is 6.26. The van der Waals surface area contributed by atoms with E-state index in [1.807, 2.05) is 62.4 Å². The average molecular weight is 461 g/mol. The Balaban J connectivity index is 1.59. The lowest BCUT2D eigenvalue weighted by atomic mass is 10.1. The standard InChI is InChI=1S/C28H36N4O2/c1-5-13-32(14-6-2)19-24-17-22(7-12-27(24)33)18-29-28(34)23-8-10-25(11-9-23)31-26-15-20(3)30-21(4)16-26/h7-12,15-17,33H,5-6,13-14,18-19H2,1-4H3,(H,29,34)(H,30,31). The number of carbonyl (C=O) groups is 1. The van der Waals surface area contributed by atoms with Crippen LogP contribution in [-0.2, 0) is 13.1 Å². The summed E-state index contributed by atoms with van der Waals surface area (Å²) >= 11 is 0. The molecule has 2 aromatic carbocycles. The first-order valence-electron chi connectivity index (χ1n) is 12.0. The second kappa shape index (κ2) is 12.2. The maximum Gasteiger partial charge on any atom is 0.251 e. The van der Waals surface area contributed by atoms with Gasteiger partial charge >= 0.3 is 0 Å². The van der Waals surface area contributed by atoms with E-state index in [4.69, 9.17) is 0 Å². The highest BCUT2D eigenvalue weighted by Crippen LogP contribution is 2.22. The molecule has 1 heterocycles. The Morgan fingerprint density at radius 3 is 2.18 bits per heavy atom. The van der Waals surface area contributed by atoms with Crippen molar-refractivity contribution in [2.75, 3.05) is 18.4 Å². The maximum atomic E-state index is 12.7. The molecule has 180 valence electrons. The van der Waals surface area contributed by atoms with E-state index in [0.717, 1.165) is 59.8 Å². The third-order valence-corrected chi connectivity index (χ3v) is 5.59. The lowest BCUT2D eigenvalue weighted by Crippen LogP contribution is -2.25. The molecule has 0 bridgehead atoms. The Hall–Kier alpha value is -3.38. The zero-order valence-electron chi connectivity index (χ0n) is 20.7. The maximum absolute atomic E-state index is 12.7. The van der Waals surface area contributed by atoms with Gasteiger partial charge in [0.05, 0.1) is 0 Å². The van der Waals surface area contributed by atoms with E-state index in [0.29, 0.717) is 24.4 Å². The van der Waals surface area contributed by atoms with Crippen molar-refractivity contribution in [1.82, 2.24) is 15.2 Å². The molecular formula is C28H36N4O2. The highest BCUT2D eigenvalue weighted by molar-refractivity contribution is 5.94. The van der Waals surface area contributed by atoms with Crippen molar-refractivity contribution in [2.45, 2.75) is 53.6 Å². The largest absolute Gasteiger partial charge is 0.508 e. The Kier molecular flexibility index (Phi) is 9.05. The van der Waals surface area contributed by atoms with Crippen molar-refractivity contribution < 1.29 is 9.90 Å². The number of rotatable bonds is 11. The van der Waals surface area contributed by atoms with Gasteiger partial charge in [-0.2, -0.15) is 0 Å². The van der Waals surface area contributed by atoms with Crippen LogP contribution in [0.3, 0.4) is 0 Å². The Labute approximate surface area is 203 Å². The number of phenols is 1. The number of anilines is 2. The van der Waals surface area contributed by atoms with Crippen molar-refractivity contribution in [3.8, 4) is 5.75 Å². The fourth-order valence-corrected chi connectivity index (χ4v) is 4.08. The van der Waals surface area contributed by atoms with Gasteiger partial charge in [0.15, 0.2) is 0 Å². The number of nitrogens with zero attached hydrogens (tertiary/aromatic N) is 2. The molecule has 1 aromatic heterocycles. The molecule has 0 aliphatic heterocycles. The number of carbonyl (C=O) groups excluding carboxylic acids is 1. The number of aromatic hydroxyl groups is 1. The van der Waals surface area contributed by atoms with E-state index < -0.39 is 0 Å². The van der Waals surface area contributed by atoms with E-state index in [9.17, 15) is 9.90 Å². The number of nitrogens with one attached hydrogen (secondary N) is 2. The zero-order chi connectivity index (χ0) is 24.5. The van der Waals surface area contributed by atoms with Gasteiger partial charge in [-0.25, -0.2) is 0 Å². The minimum atomic E-state index is -0.129. The minimum absolute atomic E-state index is 0.129. The van der Waals surface area contributed by atoms with Crippen LogP contribution >= 0.6 is 0 Å². The molecule has 3 rings (SSSR count). The van der Waals surface area contributed by atoms with Crippen molar-refractivity contribution in [1.29, 1.82) is 0 Å². The highest BCUT2D eigenvalue weighted by Gasteiger charge is 2.10. The third-order valence-electron chi connectivity index (χ3n) is 5.59. The van der Waals surface area contributed by atoms with Crippen molar-refractivity contribution in [2.24, 2.45) is 0 Å². The van der Waals surface area contributed by atoms with Crippen LogP contribution in [-0.4, -0.2) is 34.0 Å². The number of hydrogen-bond donors (Lipinski definition) is 3. The smallest absolute Gasteiger partial charge is 0.251 e. The number of hydrogen-bond acceptors (Lipinski definition) is 5. The van der Waals surface area contributed by atoms with Crippen LogP contribution < -0.4 is 10.6 Å². The first kappa shape index (κ1) is 25.2. The van der Waals surface area contributed by atoms with Crippen LogP contribution in [0.2, 0.25) is 0 Å². The van der Waals surface area contributed by atoms with Gasteiger partial charge in [0.2, 0.25) is 0 Å². The van der Waals surface area contributed by atoms with E-state index in [2.05, 4.69) is 34.4 Å². The lowest BCUT2D eigenvalue weighted by Gasteiger charge is -2.22. The molecule has 34 heavy (non-hydrogen) atoms. The third kappa shape index (κ3) is 7.32. The van der Waals surface area contributed by atoms with E-state index in [1.54, 1.807) is 6.07 Å². The number of benzene rings is 2. The van der Waals surface area contributed by atoms with Gasteiger partial charge in [-0.3, -0.25) is 14.7 Å². The summed E-state index contributed by atoms with van der Waals surface area (Å²) < 4.78 is 0. The highest BCUT2D eigenvalue weighted by atomic mass is 16.3. The van der Waals surface area contributed by atoms with Gasteiger partial charge < -0.3 is 15.7 Å². The molecule has 0 aliphatic rings. The van der Waals surface area contributed by atoms with Gasteiger partial charge in [-0.05, 0) is 93.9 Å². The lowest BCUT2D eigenvalue weighted by molar-refractivity contribution is 0.0951. The fourth-order valence-electron chi connectivity index (χ4n) is 4.08. The summed E-state index contributed by atoms with van der Waals surface area (Å²) in [6.45, 7) is 11.4. The van der Waals surface area contributed by atoms with Crippen molar-refractivity contribution >= 4 is 17.3 Å². The summed E-state index contributed by atoms with van der Waals surface area (Å²) in [6, 6.07) is 17.0. The minimum Gasteiger partial charge on any atom is -0.508 e. The summed E-state index contributed by atoms with van der Waals surface area (Å²) in [5, 5.41) is 16.7. The average Bonchev–Trinajstić information content (AvgIpc) is 2.79. The number of aromatic nitrogens is 1. The Morgan fingerprint density at radius 1 is 0.912 bits per heavy atom. The van der Waals surface area contributed by atoms with Crippen LogP contribution in [0.5, 0.6) is 5.75 Å². The Bertz CT molecular complexity index is 1070. The number of pyridine rings is 1. The molecule has 0 atom stereocenters. The monoisotopic (exact) mass is 460 g/mol. The molecule has 1 amide bonds. The molecule has 3 aromatic rings. The molecule has 6 nitrogen and oxygen atoms in total. The molecule has 0 spiro atoms. The SMILES string of the molecule is CCCN(CCC)Cc1cc(CNC(=O)c2ccc(Nc3cc(C)nc(C)c3)cc2)ccc1O. The molecule has 0 saturated heterocycles. The summed E-state index contributed by atoms with van der Waals surface area (Å²) in [4.78, 5) is 19.4. The summed E-state index contributed by atoms with van der Waals surface area (Å²) in [7, 11) is 0. The first-order valence-corrected chi connectivity index (χ1v) is 12.0. The molecule has 0 unspecified atom stereocenters. The van der Waals surface area contributed by atoms with E-state index in [-0.39, 0.29) is 5.91 Å². The number of aryl methyl sites for hydroxylation is 2. The van der Waals surface area contributed by atoms with Crippen LogP contribution in [0.4, 0.5) is 11.4 Å². The van der Waals surface area contributed by atoms with E-state index >= 15 is 0 Å². The first-order chi connectivity index (χ1) is 16.4. The van der Waals surface area contributed by atoms with Crippen LogP contribution in [0, 0.1) is 13.8 Å². The predicted molar refractivity (Wildman–Crippen MR) is 139 cm³/mol. The zero-order valence-corrected chi connectivity index (χ0v) is 20.7. The molecule has 6 heteroatoms. The van der Waals surface area contributed by atoms with Crippen LogP contribution in [0.25, 0.3) is 0 Å². The number of amides is 1. The fraction of sp³-hybridized carbons (Fsp3) is 0.357. The molecule has 0 radical (unpaired) electrons. The molecular weight excluding hydrogens is 424 g/mol. The van der Waals surface area contributed by atoms with E-state index in [1.165, 1.54) is 0 Å². The van der Waals surface area contributed by atoms with Crippen molar-refractivity contribution in [3.05, 3.63) is 82.7 Å². The molecule has 0 saturated carbocycles. The van der Waals surface area contributed by atoms with Crippen LogP contribution in [0.1, 0.15) is 59.6 Å². The Morgan fingerprint density at radius 2 is 1.56 bits per heavy atom. The number of phenolic OH excluding ortho intramolecular Hbond substituents is 1. The van der Waals surface area contributed by atoms with Crippen molar-refractivity contribution in [3.63, 3.8) is 0 Å². The van der Waals surface area contributed by atoms with Gasteiger partial charge in [0, 0.05) is 47.0 Å².